The molecule has 0 saturated heterocycles. The number of methoxy groups -OCH3 is 2. The first kappa shape index (κ1) is 18.8. The van der Waals surface area contributed by atoms with Gasteiger partial charge in [0.1, 0.15) is 0 Å². The Morgan fingerprint density at radius 1 is 1.25 bits per heavy atom. The van der Waals surface area contributed by atoms with Crippen molar-refractivity contribution in [1.29, 1.82) is 5.26 Å². The summed E-state index contributed by atoms with van der Waals surface area (Å²) in [5.74, 6) is 0.0623. The van der Waals surface area contributed by atoms with Gasteiger partial charge < -0.3 is 14.4 Å². The average Bonchev–Trinajstić information content (AvgIpc) is 2.44. The van der Waals surface area contributed by atoms with E-state index in [9.17, 15) is 4.79 Å². The number of carbonyl (C=O) groups excluding carboxylic acids is 1. The van der Waals surface area contributed by atoms with Gasteiger partial charge in [-0.05, 0) is 6.92 Å². The second-order valence-electron chi connectivity index (χ2n) is 4.81. The van der Waals surface area contributed by atoms with Gasteiger partial charge in [-0.3, -0.25) is 9.69 Å². The summed E-state index contributed by atoms with van der Waals surface area (Å²) in [6.07, 6.45) is 0.815. The SMILES string of the molecule is COCCN(CCC(=O)N(C)CCC#N)C(C)COC. The third-order valence-electron chi connectivity index (χ3n) is 3.21. The second kappa shape index (κ2) is 11.6. The van der Waals surface area contributed by atoms with Crippen molar-refractivity contribution < 1.29 is 14.3 Å². The molecule has 6 heteroatoms. The van der Waals surface area contributed by atoms with Crippen LogP contribution in [0.1, 0.15) is 19.8 Å². The molecule has 0 spiro atoms. The summed E-state index contributed by atoms with van der Waals surface area (Å²) in [6, 6.07) is 2.29. The van der Waals surface area contributed by atoms with Gasteiger partial charge in [-0.25, -0.2) is 0 Å². The van der Waals surface area contributed by atoms with E-state index in [-0.39, 0.29) is 11.9 Å². The van der Waals surface area contributed by atoms with Crippen molar-refractivity contribution in [3.05, 3.63) is 0 Å². The van der Waals surface area contributed by atoms with Gasteiger partial charge in [0.2, 0.25) is 5.91 Å². The Morgan fingerprint density at radius 3 is 2.50 bits per heavy atom. The van der Waals surface area contributed by atoms with Gasteiger partial charge in [-0.2, -0.15) is 5.26 Å². The van der Waals surface area contributed by atoms with E-state index >= 15 is 0 Å². The molecule has 0 radical (unpaired) electrons. The van der Waals surface area contributed by atoms with E-state index in [1.165, 1.54) is 0 Å². The topological polar surface area (TPSA) is 65.8 Å². The molecule has 6 nitrogen and oxygen atoms in total. The third kappa shape index (κ3) is 8.10. The standard InChI is InChI=1S/C14H27N3O3/c1-13(12-20-4)17(10-11-19-3)9-6-14(18)16(2)8-5-7-15/h13H,5-6,8-12H2,1-4H3. The Kier molecular flexibility index (Phi) is 11.0. The zero-order valence-corrected chi connectivity index (χ0v) is 13.1. The zero-order valence-electron chi connectivity index (χ0n) is 13.1. The van der Waals surface area contributed by atoms with Crippen LogP contribution in [0.25, 0.3) is 0 Å². The Balaban J connectivity index is 4.22. The van der Waals surface area contributed by atoms with Crippen LogP contribution in [0.5, 0.6) is 0 Å². The molecule has 0 bridgehead atoms. The first-order chi connectivity index (χ1) is 9.56. The van der Waals surface area contributed by atoms with E-state index in [0.717, 1.165) is 6.54 Å². The highest BCUT2D eigenvalue weighted by molar-refractivity contribution is 5.76. The maximum Gasteiger partial charge on any atom is 0.223 e. The molecule has 0 heterocycles. The smallest absolute Gasteiger partial charge is 0.223 e. The molecule has 20 heavy (non-hydrogen) atoms. The Labute approximate surface area is 122 Å². The van der Waals surface area contributed by atoms with E-state index in [2.05, 4.69) is 11.8 Å². The van der Waals surface area contributed by atoms with E-state index < -0.39 is 0 Å². The van der Waals surface area contributed by atoms with Crippen molar-refractivity contribution in [2.45, 2.75) is 25.8 Å². The van der Waals surface area contributed by atoms with Crippen LogP contribution in [0.2, 0.25) is 0 Å². The summed E-state index contributed by atoms with van der Waals surface area (Å²) in [5, 5.41) is 8.52. The molecule has 0 aromatic carbocycles. The van der Waals surface area contributed by atoms with Gasteiger partial charge in [0.15, 0.2) is 0 Å². The molecule has 116 valence electrons. The largest absolute Gasteiger partial charge is 0.383 e. The molecular formula is C14H27N3O3. The molecule has 1 amide bonds. The number of nitrogens with zero attached hydrogens (tertiary/aromatic N) is 3. The summed E-state index contributed by atoms with van der Waals surface area (Å²) < 4.78 is 10.3. The summed E-state index contributed by atoms with van der Waals surface area (Å²) >= 11 is 0. The van der Waals surface area contributed by atoms with Crippen molar-refractivity contribution >= 4 is 5.91 Å². The maximum absolute atomic E-state index is 11.9. The number of carbonyl (C=O) groups is 1. The van der Waals surface area contributed by atoms with Crippen LogP contribution < -0.4 is 0 Å². The molecule has 1 atom stereocenters. The number of amides is 1. The lowest BCUT2D eigenvalue weighted by atomic mass is 10.2. The summed E-state index contributed by atoms with van der Waals surface area (Å²) in [4.78, 5) is 15.7. The van der Waals surface area contributed by atoms with Gasteiger partial charge in [0.05, 0.1) is 25.7 Å². The van der Waals surface area contributed by atoms with Crippen LogP contribution in [-0.4, -0.2) is 75.9 Å². The molecule has 0 aromatic heterocycles. The molecule has 0 aliphatic rings. The third-order valence-corrected chi connectivity index (χ3v) is 3.21. The Morgan fingerprint density at radius 2 is 1.95 bits per heavy atom. The Hall–Kier alpha value is -1.16. The first-order valence-corrected chi connectivity index (χ1v) is 6.89. The highest BCUT2D eigenvalue weighted by Crippen LogP contribution is 2.03. The van der Waals surface area contributed by atoms with E-state index in [1.54, 1.807) is 26.2 Å². The van der Waals surface area contributed by atoms with Gasteiger partial charge in [0.25, 0.3) is 0 Å². The molecule has 0 aliphatic heterocycles. The molecular weight excluding hydrogens is 258 g/mol. The van der Waals surface area contributed by atoms with E-state index in [1.807, 2.05) is 6.07 Å². The van der Waals surface area contributed by atoms with Crippen molar-refractivity contribution in [3.63, 3.8) is 0 Å². The average molecular weight is 285 g/mol. The number of hydrogen-bond donors (Lipinski definition) is 0. The zero-order chi connectivity index (χ0) is 15.4. The van der Waals surface area contributed by atoms with Crippen LogP contribution in [0, 0.1) is 11.3 Å². The van der Waals surface area contributed by atoms with Crippen LogP contribution >= 0.6 is 0 Å². The molecule has 0 rings (SSSR count). The minimum Gasteiger partial charge on any atom is -0.383 e. The van der Waals surface area contributed by atoms with Crippen LogP contribution in [-0.2, 0) is 14.3 Å². The quantitative estimate of drug-likeness (QED) is 0.560. The summed E-state index contributed by atoms with van der Waals surface area (Å²) in [5.41, 5.74) is 0. The minimum absolute atomic E-state index is 0.0623. The van der Waals surface area contributed by atoms with Crippen molar-refractivity contribution in [1.82, 2.24) is 9.80 Å². The summed E-state index contributed by atoms with van der Waals surface area (Å²) in [6.45, 7) is 5.26. The van der Waals surface area contributed by atoms with Crippen LogP contribution in [0.4, 0.5) is 0 Å². The van der Waals surface area contributed by atoms with Crippen molar-refractivity contribution in [2.75, 3.05) is 54.1 Å². The van der Waals surface area contributed by atoms with E-state index in [4.69, 9.17) is 14.7 Å². The Bertz CT molecular complexity index is 305. The highest BCUT2D eigenvalue weighted by atomic mass is 16.5. The van der Waals surface area contributed by atoms with Gasteiger partial charge >= 0.3 is 0 Å². The molecule has 0 fully saturated rings. The number of rotatable bonds is 11. The maximum atomic E-state index is 11.9. The van der Waals surface area contributed by atoms with Gasteiger partial charge in [-0.1, -0.05) is 0 Å². The molecule has 0 aromatic rings. The fourth-order valence-electron chi connectivity index (χ4n) is 1.88. The predicted octanol–water partition coefficient (Wildman–Crippen LogP) is 0.732. The summed E-state index contributed by atoms with van der Waals surface area (Å²) in [7, 11) is 5.07. The number of nitriles is 1. The lowest BCUT2D eigenvalue weighted by molar-refractivity contribution is -0.130. The molecule has 0 aliphatic carbocycles. The molecule has 1 unspecified atom stereocenters. The van der Waals surface area contributed by atoms with Gasteiger partial charge in [-0.15, -0.1) is 0 Å². The highest BCUT2D eigenvalue weighted by Gasteiger charge is 2.16. The monoisotopic (exact) mass is 285 g/mol. The van der Waals surface area contributed by atoms with Crippen molar-refractivity contribution in [3.8, 4) is 6.07 Å². The predicted molar refractivity (Wildman–Crippen MR) is 77.3 cm³/mol. The van der Waals surface area contributed by atoms with Crippen LogP contribution in [0.3, 0.4) is 0 Å². The van der Waals surface area contributed by atoms with Gasteiger partial charge in [0, 0.05) is 53.4 Å². The first-order valence-electron chi connectivity index (χ1n) is 6.89. The lowest BCUT2D eigenvalue weighted by Crippen LogP contribution is -2.41. The van der Waals surface area contributed by atoms with Crippen molar-refractivity contribution in [2.24, 2.45) is 0 Å². The fraction of sp³-hybridized carbons (Fsp3) is 0.857. The number of hydrogen-bond acceptors (Lipinski definition) is 5. The van der Waals surface area contributed by atoms with Crippen LogP contribution in [0.15, 0.2) is 0 Å². The fourth-order valence-corrected chi connectivity index (χ4v) is 1.88. The normalized spacial score (nSPS) is 12.2. The lowest BCUT2D eigenvalue weighted by Gasteiger charge is -2.28. The second-order valence-corrected chi connectivity index (χ2v) is 4.81. The molecule has 0 N–H and O–H groups in total. The molecule has 0 saturated carbocycles. The van der Waals surface area contributed by atoms with E-state index in [0.29, 0.717) is 39.1 Å². The number of ether oxygens (including phenoxy) is 2. The minimum atomic E-state index is 0.0623.